The maximum absolute atomic E-state index is 13.4. The van der Waals surface area contributed by atoms with Crippen LogP contribution in [0.4, 0.5) is 4.39 Å². The molecule has 0 aromatic heterocycles. The van der Waals surface area contributed by atoms with E-state index in [2.05, 4.69) is 43.9 Å². The molecule has 0 saturated carbocycles. The molecule has 0 unspecified atom stereocenters. The molecule has 0 spiro atoms. The normalized spacial score (nSPS) is 11.4. The predicted molar refractivity (Wildman–Crippen MR) is 80.2 cm³/mol. The molecule has 1 nitrogen and oxygen atoms in total. The highest BCUT2D eigenvalue weighted by Gasteiger charge is 2.15. The van der Waals surface area contributed by atoms with Crippen molar-refractivity contribution < 1.29 is 9.13 Å². The Labute approximate surface area is 115 Å². The van der Waals surface area contributed by atoms with Gasteiger partial charge in [0.2, 0.25) is 0 Å². The third-order valence-corrected chi connectivity index (χ3v) is 5.12. The molecule has 0 saturated heterocycles. The monoisotopic (exact) mass is 274 g/mol. The average molecular weight is 274 g/mol. The Kier molecular flexibility index (Phi) is 4.05. The van der Waals surface area contributed by atoms with Crippen molar-refractivity contribution in [3.8, 4) is 5.75 Å². The van der Waals surface area contributed by atoms with Gasteiger partial charge in [-0.3, -0.25) is 0 Å². The van der Waals surface area contributed by atoms with Crippen molar-refractivity contribution in [2.24, 2.45) is 0 Å². The van der Waals surface area contributed by atoms with Gasteiger partial charge < -0.3 is 4.74 Å². The van der Waals surface area contributed by atoms with Crippen LogP contribution in [0.25, 0.3) is 0 Å². The van der Waals surface area contributed by atoms with Gasteiger partial charge in [-0.25, -0.2) is 4.39 Å². The zero-order valence-corrected chi connectivity index (χ0v) is 12.6. The van der Waals surface area contributed by atoms with E-state index in [1.165, 1.54) is 11.3 Å². The lowest BCUT2D eigenvalue weighted by Crippen LogP contribution is -2.37. The fraction of sp³-hybridized carbons (Fsp3) is 0.250. The highest BCUT2D eigenvalue weighted by atomic mass is 28.3. The van der Waals surface area contributed by atoms with Crippen LogP contribution in [0.2, 0.25) is 19.6 Å². The van der Waals surface area contributed by atoms with Crippen molar-refractivity contribution in [3.05, 3.63) is 59.9 Å². The quantitative estimate of drug-likeness (QED) is 0.767. The first-order valence-electron chi connectivity index (χ1n) is 6.43. The van der Waals surface area contributed by atoms with Crippen LogP contribution in [0.1, 0.15) is 5.56 Å². The standard InChI is InChI=1S/C16H19FOSi/c1-19(2,3)14-10-8-13(9-11-14)12-18-16-7-5-4-6-15(16)17/h4-11H,12H2,1-3H3. The van der Waals surface area contributed by atoms with Gasteiger partial charge in [-0.2, -0.15) is 0 Å². The second kappa shape index (κ2) is 5.57. The highest BCUT2D eigenvalue weighted by Crippen LogP contribution is 2.17. The number of rotatable bonds is 4. The minimum absolute atomic E-state index is 0.303. The van der Waals surface area contributed by atoms with Crippen LogP contribution in [0.5, 0.6) is 5.75 Å². The van der Waals surface area contributed by atoms with Gasteiger partial charge in [0.05, 0.1) is 8.07 Å². The largest absolute Gasteiger partial charge is 0.486 e. The second-order valence-electron chi connectivity index (χ2n) is 5.67. The molecular formula is C16H19FOSi. The van der Waals surface area contributed by atoms with E-state index in [0.717, 1.165) is 5.56 Å². The number of ether oxygens (including phenoxy) is 1. The molecular weight excluding hydrogens is 255 g/mol. The maximum atomic E-state index is 13.4. The molecule has 0 heterocycles. The summed E-state index contributed by atoms with van der Waals surface area (Å²) < 4.78 is 18.9. The molecule has 0 radical (unpaired) electrons. The van der Waals surface area contributed by atoms with Gasteiger partial charge >= 0.3 is 0 Å². The van der Waals surface area contributed by atoms with Crippen LogP contribution in [0, 0.1) is 5.82 Å². The van der Waals surface area contributed by atoms with Crippen LogP contribution in [-0.4, -0.2) is 8.07 Å². The smallest absolute Gasteiger partial charge is 0.165 e. The molecule has 0 amide bonds. The Morgan fingerprint density at radius 3 is 2.16 bits per heavy atom. The molecule has 0 fully saturated rings. The fourth-order valence-corrected chi connectivity index (χ4v) is 2.99. The molecule has 0 aliphatic rings. The predicted octanol–water partition coefficient (Wildman–Crippen LogP) is 3.95. The van der Waals surface area contributed by atoms with Crippen molar-refractivity contribution >= 4 is 13.3 Å². The molecule has 0 N–H and O–H groups in total. The summed E-state index contributed by atoms with van der Waals surface area (Å²) in [5.74, 6) is -0.0157. The molecule has 2 aromatic rings. The Balaban J connectivity index is 2.03. The summed E-state index contributed by atoms with van der Waals surface area (Å²) in [7, 11) is -1.25. The molecule has 19 heavy (non-hydrogen) atoms. The first-order valence-corrected chi connectivity index (χ1v) is 9.93. The number of hydrogen-bond donors (Lipinski definition) is 0. The maximum Gasteiger partial charge on any atom is 0.165 e. The highest BCUT2D eigenvalue weighted by molar-refractivity contribution is 6.88. The first-order chi connectivity index (χ1) is 8.97. The summed E-state index contributed by atoms with van der Waals surface area (Å²) >= 11 is 0. The summed E-state index contributed by atoms with van der Waals surface area (Å²) in [6.45, 7) is 7.35. The summed E-state index contributed by atoms with van der Waals surface area (Å²) in [5, 5.41) is 1.42. The van der Waals surface area contributed by atoms with E-state index in [4.69, 9.17) is 4.74 Å². The lowest BCUT2D eigenvalue weighted by Gasteiger charge is -2.16. The van der Waals surface area contributed by atoms with Crippen molar-refractivity contribution in [1.29, 1.82) is 0 Å². The molecule has 3 heteroatoms. The van der Waals surface area contributed by atoms with Crippen LogP contribution in [-0.2, 0) is 6.61 Å². The van der Waals surface area contributed by atoms with E-state index in [-0.39, 0.29) is 5.82 Å². The summed E-state index contributed by atoms with van der Waals surface area (Å²) in [4.78, 5) is 0. The van der Waals surface area contributed by atoms with Gasteiger partial charge in [0.1, 0.15) is 6.61 Å². The third kappa shape index (κ3) is 3.67. The summed E-state index contributed by atoms with van der Waals surface area (Å²) in [6.07, 6.45) is 0. The minimum Gasteiger partial charge on any atom is -0.486 e. The lowest BCUT2D eigenvalue weighted by molar-refractivity contribution is 0.290. The lowest BCUT2D eigenvalue weighted by atomic mass is 10.2. The van der Waals surface area contributed by atoms with E-state index < -0.39 is 8.07 Å². The summed E-state index contributed by atoms with van der Waals surface area (Å²) in [6, 6.07) is 14.9. The van der Waals surface area contributed by atoms with Crippen LogP contribution >= 0.6 is 0 Å². The van der Waals surface area contributed by atoms with Crippen LogP contribution in [0.15, 0.2) is 48.5 Å². The number of para-hydroxylation sites is 1. The fourth-order valence-electron chi connectivity index (χ4n) is 1.82. The van der Waals surface area contributed by atoms with Crippen molar-refractivity contribution in [3.63, 3.8) is 0 Å². The van der Waals surface area contributed by atoms with Gasteiger partial charge in [0, 0.05) is 0 Å². The Morgan fingerprint density at radius 2 is 1.58 bits per heavy atom. The molecule has 0 aliphatic heterocycles. The van der Waals surface area contributed by atoms with E-state index in [9.17, 15) is 4.39 Å². The van der Waals surface area contributed by atoms with Gasteiger partial charge in [0.15, 0.2) is 11.6 Å². The molecule has 2 aromatic carbocycles. The number of benzene rings is 2. The number of hydrogen-bond acceptors (Lipinski definition) is 1. The molecule has 0 bridgehead atoms. The Morgan fingerprint density at radius 1 is 0.947 bits per heavy atom. The summed E-state index contributed by atoms with van der Waals surface area (Å²) in [5.41, 5.74) is 1.06. The molecule has 100 valence electrons. The molecule has 2 rings (SSSR count). The van der Waals surface area contributed by atoms with Crippen molar-refractivity contribution in [2.75, 3.05) is 0 Å². The van der Waals surface area contributed by atoms with E-state index in [1.54, 1.807) is 18.2 Å². The second-order valence-corrected chi connectivity index (χ2v) is 10.7. The van der Waals surface area contributed by atoms with Gasteiger partial charge in [0.25, 0.3) is 0 Å². The van der Waals surface area contributed by atoms with Gasteiger partial charge in [-0.1, -0.05) is 61.2 Å². The number of halogens is 1. The topological polar surface area (TPSA) is 9.23 Å². The zero-order chi connectivity index (χ0) is 13.9. The van der Waals surface area contributed by atoms with Crippen molar-refractivity contribution in [2.45, 2.75) is 26.2 Å². The minimum atomic E-state index is -1.25. The van der Waals surface area contributed by atoms with Crippen molar-refractivity contribution in [1.82, 2.24) is 0 Å². The van der Waals surface area contributed by atoms with Crippen LogP contribution in [0.3, 0.4) is 0 Å². The van der Waals surface area contributed by atoms with E-state index in [1.807, 2.05) is 0 Å². The molecule has 0 atom stereocenters. The van der Waals surface area contributed by atoms with E-state index in [0.29, 0.717) is 12.4 Å². The Hall–Kier alpha value is -1.61. The third-order valence-electron chi connectivity index (χ3n) is 3.05. The Bertz CT molecular complexity index is 543. The zero-order valence-electron chi connectivity index (χ0n) is 11.6. The average Bonchev–Trinajstić information content (AvgIpc) is 2.37. The van der Waals surface area contributed by atoms with Gasteiger partial charge in [-0.15, -0.1) is 0 Å². The van der Waals surface area contributed by atoms with Crippen LogP contribution < -0.4 is 9.92 Å². The van der Waals surface area contributed by atoms with Gasteiger partial charge in [-0.05, 0) is 17.7 Å². The van der Waals surface area contributed by atoms with E-state index >= 15 is 0 Å². The molecule has 0 aliphatic carbocycles. The first kappa shape index (κ1) is 13.8. The SMILES string of the molecule is C[Si](C)(C)c1ccc(COc2ccccc2F)cc1.